The summed E-state index contributed by atoms with van der Waals surface area (Å²) in [6.45, 7) is 0.128. The first-order valence-electron chi connectivity index (χ1n) is 8.96. The highest BCUT2D eigenvalue weighted by molar-refractivity contribution is 5.69. The van der Waals surface area contributed by atoms with Gasteiger partial charge in [0, 0.05) is 12.1 Å². The van der Waals surface area contributed by atoms with E-state index in [2.05, 4.69) is 0 Å². The molecule has 8 heteroatoms. The van der Waals surface area contributed by atoms with Gasteiger partial charge >= 0.3 is 12.3 Å². The van der Waals surface area contributed by atoms with Crippen molar-refractivity contribution >= 4 is 6.09 Å². The van der Waals surface area contributed by atoms with Gasteiger partial charge in [0.25, 0.3) is 6.08 Å². The highest BCUT2D eigenvalue weighted by atomic mass is 19.4. The van der Waals surface area contributed by atoms with Crippen molar-refractivity contribution in [2.75, 3.05) is 6.54 Å². The Balaban J connectivity index is 1.86. The van der Waals surface area contributed by atoms with Gasteiger partial charge in [0.05, 0.1) is 11.6 Å². The SMILES string of the molecule is O=C(OCc1ccccc1)N1CCCC(=C(F)F)C1c1ccc(C(F)(F)F)cc1. The molecule has 0 aromatic heterocycles. The van der Waals surface area contributed by atoms with E-state index in [9.17, 15) is 26.7 Å². The number of hydrogen-bond donors (Lipinski definition) is 0. The molecule has 1 amide bonds. The number of ether oxygens (including phenoxy) is 1. The minimum Gasteiger partial charge on any atom is -0.445 e. The molecule has 0 spiro atoms. The molecule has 0 saturated carbocycles. The van der Waals surface area contributed by atoms with Crippen LogP contribution in [-0.2, 0) is 17.5 Å². The molecule has 1 aliphatic rings. The van der Waals surface area contributed by atoms with E-state index in [1.165, 1.54) is 0 Å². The second-order valence-electron chi connectivity index (χ2n) is 6.65. The van der Waals surface area contributed by atoms with Gasteiger partial charge in [0.15, 0.2) is 0 Å². The largest absolute Gasteiger partial charge is 0.445 e. The molecule has 1 unspecified atom stereocenters. The summed E-state index contributed by atoms with van der Waals surface area (Å²) in [6.07, 6.45) is -6.91. The van der Waals surface area contributed by atoms with Gasteiger partial charge in [-0.1, -0.05) is 42.5 Å². The second-order valence-corrected chi connectivity index (χ2v) is 6.65. The molecule has 154 valence electrons. The van der Waals surface area contributed by atoms with Crippen LogP contribution in [0.2, 0.25) is 0 Å². The van der Waals surface area contributed by atoms with Crippen molar-refractivity contribution in [2.45, 2.75) is 31.7 Å². The van der Waals surface area contributed by atoms with Crippen LogP contribution < -0.4 is 0 Å². The number of likely N-dealkylation sites (tertiary alicyclic amines) is 1. The fourth-order valence-corrected chi connectivity index (χ4v) is 3.33. The molecule has 0 bridgehead atoms. The van der Waals surface area contributed by atoms with Crippen LogP contribution >= 0.6 is 0 Å². The monoisotopic (exact) mass is 411 g/mol. The van der Waals surface area contributed by atoms with Gasteiger partial charge in [-0.05, 0) is 36.1 Å². The van der Waals surface area contributed by atoms with Crippen molar-refractivity contribution in [3.05, 3.63) is 82.9 Å². The highest BCUT2D eigenvalue weighted by Crippen LogP contribution is 2.39. The van der Waals surface area contributed by atoms with Gasteiger partial charge in [-0.3, -0.25) is 4.90 Å². The van der Waals surface area contributed by atoms with Crippen LogP contribution in [0.1, 0.15) is 35.6 Å². The third-order valence-electron chi connectivity index (χ3n) is 4.72. The molecule has 2 aromatic carbocycles. The van der Waals surface area contributed by atoms with Gasteiger partial charge in [0.1, 0.15) is 6.61 Å². The molecule has 2 aromatic rings. The number of nitrogens with zero attached hydrogens (tertiary/aromatic N) is 1. The first kappa shape index (κ1) is 20.8. The number of benzene rings is 2. The number of carbonyl (C=O) groups is 1. The molecule has 0 radical (unpaired) electrons. The lowest BCUT2D eigenvalue weighted by molar-refractivity contribution is -0.137. The smallest absolute Gasteiger partial charge is 0.416 e. The van der Waals surface area contributed by atoms with E-state index in [0.29, 0.717) is 6.42 Å². The Labute approximate surface area is 164 Å². The zero-order valence-corrected chi connectivity index (χ0v) is 15.3. The Kier molecular flexibility index (Phi) is 6.20. The van der Waals surface area contributed by atoms with E-state index in [1.807, 2.05) is 0 Å². The maximum Gasteiger partial charge on any atom is 0.416 e. The first-order chi connectivity index (χ1) is 13.8. The fourth-order valence-electron chi connectivity index (χ4n) is 3.33. The molecule has 3 rings (SSSR count). The quantitative estimate of drug-likeness (QED) is 0.553. The lowest BCUT2D eigenvalue weighted by Crippen LogP contribution is -2.40. The van der Waals surface area contributed by atoms with Gasteiger partial charge in [-0.15, -0.1) is 0 Å². The average Bonchev–Trinajstić information content (AvgIpc) is 2.71. The number of rotatable bonds is 3. The van der Waals surface area contributed by atoms with Crippen molar-refractivity contribution < 1.29 is 31.5 Å². The predicted octanol–water partition coefficient (Wildman–Crippen LogP) is 6.33. The lowest BCUT2D eigenvalue weighted by atomic mass is 9.90. The van der Waals surface area contributed by atoms with Crippen molar-refractivity contribution in [2.24, 2.45) is 0 Å². The summed E-state index contributed by atoms with van der Waals surface area (Å²) in [5.41, 5.74) is -0.261. The maximum absolute atomic E-state index is 13.5. The van der Waals surface area contributed by atoms with Crippen molar-refractivity contribution in [1.82, 2.24) is 4.90 Å². The zero-order valence-electron chi connectivity index (χ0n) is 15.3. The van der Waals surface area contributed by atoms with Crippen molar-refractivity contribution in [3.63, 3.8) is 0 Å². The average molecular weight is 411 g/mol. The molecule has 1 fully saturated rings. The molecule has 1 atom stereocenters. The summed E-state index contributed by atoms with van der Waals surface area (Å²) < 4.78 is 70.8. The first-order valence-corrected chi connectivity index (χ1v) is 8.96. The molecule has 0 aliphatic carbocycles. The summed E-state index contributed by atoms with van der Waals surface area (Å²) >= 11 is 0. The maximum atomic E-state index is 13.5. The molecular formula is C21H18F5NO2. The second kappa shape index (κ2) is 8.63. The van der Waals surface area contributed by atoms with Gasteiger partial charge < -0.3 is 4.74 Å². The van der Waals surface area contributed by atoms with Gasteiger partial charge in [-0.25, -0.2) is 4.79 Å². The summed E-state index contributed by atoms with van der Waals surface area (Å²) in [5, 5.41) is 0. The fraction of sp³-hybridized carbons (Fsp3) is 0.286. The molecule has 1 aliphatic heterocycles. The Morgan fingerprint density at radius 3 is 2.28 bits per heavy atom. The van der Waals surface area contributed by atoms with E-state index >= 15 is 0 Å². The van der Waals surface area contributed by atoms with Crippen LogP contribution in [0, 0.1) is 0 Å². The van der Waals surface area contributed by atoms with Crippen LogP contribution in [0.15, 0.2) is 66.3 Å². The normalized spacial score (nSPS) is 17.2. The van der Waals surface area contributed by atoms with E-state index in [-0.39, 0.29) is 30.7 Å². The van der Waals surface area contributed by atoms with Crippen LogP contribution in [0.3, 0.4) is 0 Å². The van der Waals surface area contributed by atoms with Crippen LogP contribution in [0.4, 0.5) is 26.7 Å². The number of amides is 1. The molecule has 1 saturated heterocycles. The lowest BCUT2D eigenvalue weighted by Gasteiger charge is -2.36. The molecular weight excluding hydrogens is 393 g/mol. The minimum atomic E-state index is -4.54. The van der Waals surface area contributed by atoms with Crippen molar-refractivity contribution in [1.29, 1.82) is 0 Å². The predicted molar refractivity (Wildman–Crippen MR) is 96.0 cm³/mol. The zero-order chi connectivity index (χ0) is 21.0. The Morgan fingerprint density at radius 1 is 1.03 bits per heavy atom. The number of carbonyl (C=O) groups excluding carboxylic acids is 1. The van der Waals surface area contributed by atoms with E-state index in [4.69, 9.17) is 4.74 Å². The van der Waals surface area contributed by atoms with Crippen LogP contribution in [-0.4, -0.2) is 17.5 Å². The number of piperidine rings is 1. The Hall–Kier alpha value is -2.90. The van der Waals surface area contributed by atoms with Crippen LogP contribution in [0.25, 0.3) is 0 Å². The molecule has 0 N–H and O–H groups in total. The number of hydrogen-bond acceptors (Lipinski definition) is 2. The molecule has 3 nitrogen and oxygen atoms in total. The van der Waals surface area contributed by atoms with Crippen LogP contribution in [0.5, 0.6) is 0 Å². The van der Waals surface area contributed by atoms with E-state index < -0.39 is 30.0 Å². The van der Waals surface area contributed by atoms with Gasteiger partial charge in [-0.2, -0.15) is 22.0 Å². The molecule has 1 heterocycles. The van der Waals surface area contributed by atoms with E-state index in [0.717, 1.165) is 34.7 Å². The molecule has 29 heavy (non-hydrogen) atoms. The van der Waals surface area contributed by atoms with Gasteiger partial charge in [0.2, 0.25) is 0 Å². The highest BCUT2D eigenvalue weighted by Gasteiger charge is 2.36. The topological polar surface area (TPSA) is 29.5 Å². The third-order valence-corrected chi connectivity index (χ3v) is 4.72. The minimum absolute atomic E-state index is 0.0347. The number of alkyl halides is 3. The Morgan fingerprint density at radius 2 is 1.69 bits per heavy atom. The Bertz CT molecular complexity index is 874. The van der Waals surface area contributed by atoms with E-state index in [1.54, 1.807) is 30.3 Å². The number of halogens is 5. The summed E-state index contributed by atoms with van der Waals surface area (Å²) in [4.78, 5) is 13.7. The summed E-state index contributed by atoms with van der Waals surface area (Å²) in [7, 11) is 0. The summed E-state index contributed by atoms with van der Waals surface area (Å²) in [6, 6.07) is 11.6. The van der Waals surface area contributed by atoms with Crippen molar-refractivity contribution in [3.8, 4) is 0 Å². The third kappa shape index (κ3) is 4.93. The summed E-state index contributed by atoms with van der Waals surface area (Å²) in [5.74, 6) is 0. The standard InChI is InChI=1S/C21H18F5NO2/c22-19(23)17-7-4-12-27(20(28)29-13-14-5-2-1-3-6-14)18(17)15-8-10-16(11-9-15)21(24,25)26/h1-3,5-6,8-11,18H,4,7,12-13H2.